The summed E-state index contributed by atoms with van der Waals surface area (Å²) >= 11 is 0. The third-order valence-electron chi connectivity index (χ3n) is 2.98. The van der Waals surface area contributed by atoms with Crippen molar-refractivity contribution in [1.29, 1.82) is 0 Å². The Morgan fingerprint density at radius 1 is 0.944 bits per heavy atom. The van der Waals surface area contributed by atoms with E-state index in [2.05, 4.69) is 29.5 Å². The first kappa shape index (κ1) is 11.3. The van der Waals surface area contributed by atoms with E-state index in [1.807, 2.05) is 30.3 Å². The lowest BCUT2D eigenvalue weighted by atomic mass is 9.79. The van der Waals surface area contributed by atoms with E-state index < -0.39 is 0 Å². The Kier molecular flexibility index (Phi) is 3.30. The van der Waals surface area contributed by atoms with Gasteiger partial charge in [-0.25, -0.2) is 0 Å². The molecule has 1 aliphatic rings. The minimum absolute atomic E-state index is 0.0603. The Hall–Kier alpha value is -1.78. The van der Waals surface area contributed by atoms with Gasteiger partial charge >= 0.3 is 7.05 Å². The largest absolute Gasteiger partial charge is 0.452 e. The molecule has 4 heteroatoms. The van der Waals surface area contributed by atoms with Crippen LogP contribution in [0, 0.1) is 0 Å². The monoisotopic (exact) mass is 239 g/mol. The molecule has 0 aromatic heterocycles. The Bertz CT molecular complexity index is 512. The molecule has 3 nitrogen and oxygen atoms in total. The molecular formula is C14H14BNO2. The molecule has 0 amide bonds. The molecule has 1 fully saturated rings. The van der Waals surface area contributed by atoms with Crippen molar-refractivity contribution in [2.45, 2.75) is 6.32 Å². The van der Waals surface area contributed by atoms with Crippen molar-refractivity contribution in [2.75, 3.05) is 11.8 Å². The highest BCUT2D eigenvalue weighted by atomic mass is 17.2. The summed E-state index contributed by atoms with van der Waals surface area (Å²) in [6.45, 7) is 0.644. The zero-order chi connectivity index (χ0) is 12.2. The molecule has 0 spiro atoms. The first-order valence-corrected chi connectivity index (χ1v) is 6.13. The summed E-state index contributed by atoms with van der Waals surface area (Å²) in [7, 11) is -0.0603. The number of hydrogen-bond acceptors (Lipinski definition) is 3. The molecule has 90 valence electrons. The molecule has 3 rings (SSSR count). The Balaban J connectivity index is 1.90. The molecule has 0 radical (unpaired) electrons. The minimum Gasteiger partial charge on any atom is -0.401 e. The van der Waals surface area contributed by atoms with Crippen LogP contribution >= 0.6 is 0 Å². The van der Waals surface area contributed by atoms with Crippen molar-refractivity contribution in [3.05, 3.63) is 54.6 Å². The van der Waals surface area contributed by atoms with Gasteiger partial charge in [0.25, 0.3) is 0 Å². The van der Waals surface area contributed by atoms with Crippen LogP contribution in [0.1, 0.15) is 0 Å². The van der Waals surface area contributed by atoms with Gasteiger partial charge in [0.1, 0.15) is 0 Å². The van der Waals surface area contributed by atoms with Gasteiger partial charge in [-0.15, -0.1) is 0 Å². The quantitative estimate of drug-likeness (QED) is 0.658. The number of nitrogens with one attached hydrogen (secondary N) is 1. The van der Waals surface area contributed by atoms with Crippen molar-refractivity contribution >= 4 is 12.7 Å². The van der Waals surface area contributed by atoms with Crippen LogP contribution in [0.4, 0.5) is 5.69 Å². The van der Waals surface area contributed by atoms with Crippen molar-refractivity contribution in [3.63, 3.8) is 0 Å². The molecule has 0 saturated carbocycles. The van der Waals surface area contributed by atoms with E-state index in [1.54, 1.807) is 0 Å². The number of para-hydroxylation sites is 1. The van der Waals surface area contributed by atoms with E-state index >= 15 is 0 Å². The van der Waals surface area contributed by atoms with Gasteiger partial charge in [0.15, 0.2) is 0 Å². The van der Waals surface area contributed by atoms with E-state index in [-0.39, 0.29) is 7.05 Å². The van der Waals surface area contributed by atoms with Crippen LogP contribution in [-0.2, 0) is 9.69 Å². The maximum Gasteiger partial charge on any atom is 0.452 e. The zero-order valence-electron chi connectivity index (χ0n) is 10.0. The molecule has 0 atom stereocenters. The first-order chi connectivity index (χ1) is 8.93. The summed E-state index contributed by atoms with van der Waals surface area (Å²) in [6, 6.07) is 18.5. The average Bonchev–Trinajstić information content (AvgIpc) is 2.93. The van der Waals surface area contributed by atoms with E-state index in [9.17, 15) is 0 Å². The molecule has 2 aromatic rings. The number of rotatable bonds is 3. The minimum atomic E-state index is -0.0603. The van der Waals surface area contributed by atoms with Crippen LogP contribution in [0.25, 0.3) is 11.1 Å². The van der Waals surface area contributed by atoms with Gasteiger partial charge < -0.3 is 5.23 Å². The highest BCUT2D eigenvalue weighted by Gasteiger charge is 2.24. The maximum atomic E-state index is 5.14. The molecule has 2 aromatic carbocycles. The van der Waals surface area contributed by atoms with Crippen LogP contribution in [0.15, 0.2) is 54.6 Å². The van der Waals surface area contributed by atoms with Gasteiger partial charge in [-0.05, 0) is 11.6 Å². The Morgan fingerprint density at radius 3 is 2.50 bits per heavy atom. The van der Waals surface area contributed by atoms with Gasteiger partial charge in [-0.1, -0.05) is 48.5 Å². The SMILES string of the molecule is c1ccc(-c2ccccc2NB2CCOO2)cc1. The van der Waals surface area contributed by atoms with Crippen LogP contribution in [0.2, 0.25) is 6.32 Å². The van der Waals surface area contributed by atoms with Crippen LogP contribution < -0.4 is 5.23 Å². The second-order valence-electron chi connectivity index (χ2n) is 4.25. The maximum absolute atomic E-state index is 5.14. The zero-order valence-corrected chi connectivity index (χ0v) is 10.0. The van der Waals surface area contributed by atoms with Crippen molar-refractivity contribution in [3.8, 4) is 11.1 Å². The van der Waals surface area contributed by atoms with Gasteiger partial charge in [0.05, 0.1) is 6.61 Å². The fraction of sp³-hybridized carbons (Fsp3) is 0.143. The highest BCUT2D eigenvalue weighted by Crippen LogP contribution is 2.28. The molecular weight excluding hydrogens is 225 g/mol. The summed E-state index contributed by atoms with van der Waals surface area (Å²) in [4.78, 5) is 10.0. The summed E-state index contributed by atoms with van der Waals surface area (Å²) in [5.41, 5.74) is 3.44. The van der Waals surface area contributed by atoms with Crippen LogP contribution in [0.5, 0.6) is 0 Å². The number of benzene rings is 2. The first-order valence-electron chi connectivity index (χ1n) is 6.13. The summed E-state index contributed by atoms with van der Waals surface area (Å²) in [5.74, 6) is 0. The van der Waals surface area contributed by atoms with Crippen molar-refractivity contribution < 1.29 is 9.69 Å². The normalized spacial score (nSPS) is 14.8. The lowest BCUT2D eigenvalue weighted by Gasteiger charge is -2.13. The van der Waals surface area contributed by atoms with Crippen molar-refractivity contribution in [2.24, 2.45) is 0 Å². The topological polar surface area (TPSA) is 30.5 Å². The predicted octanol–water partition coefficient (Wildman–Crippen LogP) is 3.22. The molecule has 0 aliphatic carbocycles. The fourth-order valence-corrected chi connectivity index (χ4v) is 2.08. The number of anilines is 1. The fourth-order valence-electron chi connectivity index (χ4n) is 2.08. The summed E-state index contributed by atoms with van der Waals surface area (Å²) in [6.07, 6.45) is 0.864. The smallest absolute Gasteiger partial charge is 0.401 e. The van der Waals surface area contributed by atoms with Gasteiger partial charge in [-0.2, -0.15) is 0 Å². The molecule has 0 unspecified atom stereocenters. The van der Waals surface area contributed by atoms with E-state index in [0.29, 0.717) is 6.61 Å². The molecule has 1 saturated heterocycles. The molecule has 1 N–H and O–H groups in total. The van der Waals surface area contributed by atoms with Gasteiger partial charge in [-0.3, -0.25) is 9.69 Å². The van der Waals surface area contributed by atoms with Crippen molar-refractivity contribution in [1.82, 2.24) is 0 Å². The molecule has 1 heterocycles. The molecule has 0 bridgehead atoms. The van der Waals surface area contributed by atoms with Gasteiger partial charge in [0, 0.05) is 17.6 Å². The summed E-state index contributed by atoms with van der Waals surface area (Å²) in [5, 5.41) is 3.36. The van der Waals surface area contributed by atoms with E-state index in [1.165, 1.54) is 11.1 Å². The number of hydrogen-bond donors (Lipinski definition) is 1. The molecule has 1 aliphatic heterocycles. The average molecular weight is 239 g/mol. The lowest BCUT2D eigenvalue weighted by molar-refractivity contribution is -0.185. The Morgan fingerprint density at radius 2 is 1.72 bits per heavy atom. The lowest BCUT2D eigenvalue weighted by Crippen LogP contribution is -2.23. The van der Waals surface area contributed by atoms with E-state index in [4.69, 9.17) is 9.69 Å². The summed E-state index contributed by atoms with van der Waals surface area (Å²) < 4.78 is 0. The van der Waals surface area contributed by atoms with Gasteiger partial charge in [0.2, 0.25) is 0 Å². The van der Waals surface area contributed by atoms with E-state index in [0.717, 1.165) is 12.0 Å². The second-order valence-corrected chi connectivity index (χ2v) is 4.25. The third kappa shape index (κ3) is 2.40. The predicted molar refractivity (Wildman–Crippen MR) is 73.1 cm³/mol. The van der Waals surface area contributed by atoms with Crippen LogP contribution in [0.3, 0.4) is 0 Å². The van der Waals surface area contributed by atoms with Crippen LogP contribution in [-0.4, -0.2) is 13.7 Å². The Labute approximate surface area is 107 Å². The molecule has 18 heavy (non-hydrogen) atoms. The second kappa shape index (κ2) is 5.25. The standard InChI is InChI=1S/C14H14BNO2/c1-2-6-12(7-3-1)13-8-4-5-9-14(13)16-15-10-11-17-18-15/h1-9,16H,10-11H2. The third-order valence-corrected chi connectivity index (χ3v) is 2.98. The highest BCUT2D eigenvalue weighted by molar-refractivity contribution is 6.56.